The van der Waals surface area contributed by atoms with Crippen molar-refractivity contribution in [1.29, 1.82) is 5.41 Å². The highest BCUT2D eigenvalue weighted by atomic mass is 15.2. The number of hydrogen-bond donors (Lipinski definition) is 2. The van der Waals surface area contributed by atoms with Gasteiger partial charge in [-0.05, 0) is 19.8 Å². The van der Waals surface area contributed by atoms with Crippen LogP contribution in [0.15, 0.2) is 12.4 Å². The van der Waals surface area contributed by atoms with Crippen molar-refractivity contribution in [2.75, 3.05) is 18.0 Å². The molecule has 5 heteroatoms. The van der Waals surface area contributed by atoms with Crippen LogP contribution >= 0.6 is 0 Å². The molecule has 1 fully saturated rings. The SMILES string of the molecule is Cc1cc(N2CCCC(C(=N)N)C2)ncn1. The van der Waals surface area contributed by atoms with Crippen molar-refractivity contribution in [3.8, 4) is 0 Å². The van der Waals surface area contributed by atoms with Crippen molar-refractivity contribution in [3.63, 3.8) is 0 Å². The third kappa shape index (κ3) is 2.29. The van der Waals surface area contributed by atoms with E-state index in [0.29, 0.717) is 0 Å². The fourth-order valence-corrected chi connectivity index (χ4v) is 2.05. The van der Waals surface area contributed by atoms with Crippen molar-refractivity contribution in [3.05, 3.63) is 18.1 Å². The Kier molecular flexibility index (Phi) is 3.03. The summed E-state index contributed by atoms with van der Waals surface area (Å²) in [6.07, 6.45) is 3.66. The first-order chi connectivity index (χ1) is 7.66. The number of piperidine rings is 1. The Labute approximate surface area is 95.2 Å². The van der Waals surface area contributed by atoms with Crippen LogP contribution in [0.25, 0.3) is 0 Å². The smallest absolute Gasteiger partial charge is 0.132 e. The zero-order valence-electron chi connectivity index (χ0n) is 9.48. The molecule has 1 aromatic heterocycles. The lowest BCUT2D eigenvalue weighted by atomic mass is 9.97. The molecular formula is C11H17N5. The van der Waals surface area contributed by atoms with E-state index in [1.54, 1.807) is 6.33 Å². The largest absolute Gasteiger partial charge is 0.387 e. The van der Waals surface area contributed by atoms with E-state index >= 15 is 0 Å². The van der Waals surface area contributed by atoms with E-state index in [2.05, 4.69) is 14.9 Å². The second-order valence-corrected chi connectivity index (χ2v) is 4.26. The monoisotopic (exact) mass is 219 g/mol. The maximum absolute atomic E-state index is 7.50. The molecule has 2 rings (SSSR count). The third-order valence-electron chi connectivity index (χ3n) is 2.97. The summed E-state index contributed by atoms with van der Waals surface area (Å²) in [5, 5.41) is 7.50. The van der Waals surface area contributed by atoms with Gasteiger partial charge in [0.25, 0.3) is 0 Å². The van der Waals surface area contributed by atoms with Gasteiger partial charge in [0.05, 0.1) is 5.84 Å². The van der Waals surface area contributed by atoms with Crippen LogP contribution in [0.2, 0.25) is 0 Å². The first-order valence-corrected chi connectivity index (χ1v) is 5.54. The Morgan fingerprint density at radius 3 is 3.06 bits per heavy atom. The summed E-state index contributed by atoms with van der Waals surface area (Å²) in [4.78, 5) is 10.5. The molecule has 1 aliphatic rings. The van der Waals surface area contributed by atoms with Crippen molar-refractivity contribution in [1.82, 2.24) is 9.97 Å². The molecule has 1 unspecified atom stereocenters. The van der Waals surface area contributed by atoms with E-state index in [9.17, 15) is 0 Å². The first-order valence-electron chi connectivity index (χ1n) is 5.54. The van der Waals surface area contributed by atoms with Crippen molar-refractivity contribution in [2.45, 2.75) is 19.8 Å². The average Bonchev–Trinajstić information content (AvgIpc) is 2.29. The van der Waals surface area contributed by atoms with Gasteiger partial charge in [-0.1, -0.05) is 0 Å². The van der Waals surface area contributed by atoms with Crippen molar-refractivity contribution < 1.29 is 0 Å². The molecule has 86 valence electrons. The molecule has 0 aliphatic carbocycles. The topological polar surface area (TPSA) is 78.9 Å². The van der Waals surface area contributed by atoms with E-state index < -0.39 is 0 Å². The predicted molar refractivity (Wildman–Crippen MR) is 63.6 cm³/mol. The van der Waals surface area contributed by atoms with Crippen LogP contribution in [-0.4, -0.2) is 28.9 Å². The zero-order chi connectivity index (χ0) is 11.5. The molecular weight excluding hydrogens is 202 g/mol. The Hall–Kier alpha value is -1.65. The Balaban J connectivity index is 2.12. The molecule has 0 aromatic carbocycles. The minimum Gasteiger partial charge on any atom is -0.387 e. The summed E-state index contributed by atoms with van der Waals surface area (Å²) < 4.78 is 0. The summed E-state index contributed by atoms with van der Waals surface area (Å²) in [7, 11) is 0. The molecule has 1 aliphatic heterocycles. The van der Waals surface area contributed by atoms with Crippen LogP contribution in [0.3, 0.4) is 0 Å². The molecule has 5 nitrogen and oxygen atoms in total. The van der Waals surface area contributed by atoms with Gasteiger partial charge in [-0.2, -0.15) is 0 Å². The van der Waals surface area contributed by atoms with E-state index in [1.807, 2.05) is 13.0 Å². The number of rotatable bonds is 2. The van der Waals surface area contributed by atoms with Crippen LogP contribution in [0.1, 0.15) is 18.5 Å². The quantitative estimate of drug-likeness (QED) is 0.573. The van der Waals surface area contributed by atoms with Crippen molar-refractivity contribution in [2.24, 2.45) is 11.7 Å². The number of amidine groups is 1. The van der Waals surface area contributed by atoms with Gasteiger partial charge in [0.2, 0.25) is 0 Å². The van der Waals surface area contributed by atoms with Crippen LogP contribution in [0, 0.1) is 18.3 Å². The Bertz CT molecular complexity index is 390. The fourth-order valence-electron chi connectivity index (χ4n) is 2.05. The summed E-state index contributed by atoms with van der Waals surface area (Å²) in [6.45, 7) is 3.74. The summed E-state index contributed by atoms with van der Waals surface area (Å²) in [5.74, 6) is 1.40. The van der Waals surface area contributed by atoms with E-state index in [4.69, 9.17) is 11.1 Å². The van der Waals surface area contributed by atoms with Crippen LogP contribution in [0.4, 0.5) is 5.82 Å². The van der Waals surface area contributed by atoms with Gasteiger partial charge in [0, 0.05) is 30.8 Å². The molecule has 16 heavy (non-hydrogen) atoms. The highest BCUT2D eigenvalue weighted by Crippen LogP contribution is 2.21. The van der Waals surface area contributed by atoms with Gasteiger partial charge in [0.15, 0.2) is 0 Å². The lowest BCUT2D eigenvalue weighted by Crippen LogP contribution is -2.41. The van der Waals surface area contributed by atoms with Gasteiger partial charge >= 0.3 is 0 Å². The van der Waals surface area contributed by atoms with Crippen LogP contribution < -0.4 is 10.6 Å². The molecule has 1 aromatic rings. The van der Waals surface area contributed by atoms with Gasteiger partial charge in [-0.3, -0.25) is 5.41 Å². The summed E-state index contributed by atoms with van der Waals surface area (Å²) >= 11 is 0. The molecule has 0 bridgehead atoms. The lowest BCUT2D eigenvalue weighted by Gasteiger charge is -2.32. The van der Waals surface area contributed by atoms with Crippen LogP contribution in [-0.2, 0) is 0 Å². The lowest BCUT2D eigenvalue weighted by molar-refractivity contribution is 0.500. The number of nitrogens with two attached hydrogens (primary N) is 1. The number of hydrogen-bond acceptors (Lipinski definition) is 4. The zero-order valence-corrected chi connectivity index (χ0v) is 9.48. The minimum atomic E-state index is 0.170. The van der Waals surface area contributed by atoms with E-state index in [1.165, 1.54) is 0 Å². The highest BCUT2D eigenvalue weighted by Gasteiger charge is 2.22. The maximum atomic E-state index is 7.50. The number of nitrogens with one attached hydrogen (secondary N) is 1. The van der Waals surface area contributed by atoms with Gasteiger partial charge < -0.3 is 10.6 Å². The molecule has 0 spiro atoms. The second-order valence-electron chi connectivity index (χ2n) is 4.26. The molecule has 3 N–H and O–H groups in total. The second kappa shape index (κ2) is 4.47. The van der Waals surface area contributed by atoms with E-state index in [0.717, 1.165) is 37.4 Å². The first kappa shape index (κ1) is 10.9. The number of aryl methyl sites for hydroxylation is 1. The number of anilines is 1. The molecule has 0 amide bonds. The minimum absolute atomic E-state index is 0.170. The molecule has 1 saturated heterocycles. The standard InChI is InChI=1S/C11H17N5/c1-8-5-10(15-7-14-8)16-4-2-3-9(6-16)11(12)13/h5,7,9H,2-4,6H2,1H3,(H3,12,13). The Morgan fingerprint density at radius 2 is 2.38 bits per heavy atom. The summed E-state index contributed by atoms with van der Waals surface area (Å²) in [6, 6.07) is 1.97. The average molecular weight is 219 g/mol. The number of aromatic nitrogens is 2. The van der Waals surface area contributed by atoms with Gasteiger partial charge in [-0.15, -0.1) is 0 Å². The molecule has 0 radical (unpaired) electrons. The maximum Gasteiger partial charge on any atom is 0.132 e. The fraction of sp³-hybridized carbons (Fsp3) is 0.545. The van der Waals surface area contributed by atoms with Crippen molar-refractivity contribution >= 4 is 11.7 Å². The summed E-state index contributed by atoms with van der Waals surface area (Å²) in [5.41, 5.74) is 6.53. The highest BCUT2D eigenvalue weighted by molar-refractivity contribution is 5.80. The van der Waals surface area contributed by atoms with Crippen LogP contribution in [0.5, 0.6) is 0 Å². The van der Waals surface area contributed by atoms with Gasteiger partial charge in [0.1, 0.15) is 12.1 Å². The third-order valence-corrected chi connectivity index (χ3v) is 2.97. The van der Waals surface area contributed by atoms with Gasteiger partial charge in [-0.25, -0.2) is 9.97 Å². The molecule has 0 saturated carbocycles. The van der Waals surface area contributed by atoms with E-state index in [-0.39, 0.29) is 11.8 Å². The molecule has 1 atom stereocenters. The Morgan fingerprint density at radius 1 is 1.56 bits per heavy atom. The molecule has 2 heterocycles. The normalized spacial score (nSPS) is 20.8. The number of nitrogens with zero attached hydrogens (tertiary/aromatic N) is 3. The predicted octanol–water partition coefficient (Wildman–Crippen LogP) is 0.937.